The quantitative estimate of drug-likeness (QED) is 0.802. The van der Waals surface area contributed by atoms with Gasteiger partial charge in [-0.15, -0.1) is 6.58 Å². The van der Waals surface area contributed by atoms with Crippen molar-refractivity contribution in [1.82, 2.24) is 0 Å². The number of rotatable bonds is 4. The van der Waals surface area contributed by atoms with Crippen LogP contribution in [0, 0.1) is 11.3 Å². The van der Waals surface area contributed by atoms with Crippen molar-refractivity contribution in [3.8, 4) is 6.07 Å². The Morgan fingerprint density at radius 1 is 1.61 bits per heavy atom. The summed E-state index contributed by atoms with van der Waals surface area (Å²) in [5.74, 6) is 0. The van der Waals surface area contributed by atoms with Gasteiger partial charge in [0.2, 0.25) is 0 Å². The lowest BCUT2D eigenvalue weighted by molar-refractivity contribution is 0.0909. The molecule has 0 bridgehead atoms. The fraction of sp³-hybridized carbons (Fsp3) is 0.357. The molecule has 4 heteroatoms. The van der Waals surface area contributed by atoms with Gasteiger partial charge in [-0.05, 0) is 40.5 Å². The molecule has 1 aromatic rings. The molecule has 0 N–H and O–H groups in total. The SMILES string of the molecule is C=CCOC1CCN(c2ccc(C#N)cc2Br)C1. The van der Waals surface area contributed by atoms with E-state index in [0.717, 1.165) is 29.7 Å². The molecule has 3 nitrogen and oxygen atoms in total. The zero-order valence-electron chi connectivity index (χ0n) is 10.1. The van der Waals surface area contributed by atoms with Crippen molar-refractivity contribution >= 4 is 21.6 Å². The van der Waals surface area contributed by atoms with E-state index in [-0.39, 0.29) is 6.10 Å². The molecular weight excluding hydrogens is 292 g/mol. The molecule has 1 fully saturated rings. The van der Waals surface area contributed by atoms with E-state index in [1.165, 1.54) is 0 Å². The maximum absolute atomic E-state index is 8.84. The highest BCUT2D eigenvalue weighted by molar-refractivity contribution is 9.10. The van der Waals surface area contributed by atoms with Gasteiger partial charge in [-0.3, -0.25) is 0 Å². The van der Waals surface area contributed by atoms with Gasteiger partial charge in [-0.2, -0.15) is 5.26 Å². The third-order valence-electron chi connectivity index (χ3n) is 3.01. The Morgan fingerprint density at radius 2 is 2.44 bits per heavy atom. The van der Waals surface area contributed by atoms with Gasteiger partial charge in [0.25, 0.3) is 0 Å². The number of hydrogen-bond acceptors (Lipinski definition) is 3. The van der Waals surface area contributed by atoms with Crippen LogP contribution in [0.2, 0.25) is 0 Å². The second-order valence-corrected chi connectivity index (χ2v) is 5.11. The molecule has 0 amide bonds. The Bertz CT molecular complexity index is 481. The predicted octanol–water partition coefficient (Wildman–Crippen LogP) is 3.10. The fourth-order valence-electron chi connectivity index (χ4n) is 2.12. The van der Waals surface area contributed by atoms with E-state index in [0.29, 0.717) is 12.2 Å². The number of hydrogen-bond donors (Lipinski definition) is 0. The van der Waals surface area contributed by atoms with Gasteiger partial charge < -0.3 is 9.64 Å². The summed E-state index contributed by atoms with van der Waals surface area (Å²) < 4.78 is 6.63. The first kappa shape index (κ1) is 13.1. The monoisotopic (exact) mass is 306 g/mol. The highest BCUT2D eigenvalue weighted by atomic mass is 79.9. The molecule has 0 saturated carbocycles. The lowest BCUT2D eigenvalue weighted by Gasteiger charge is -2.20. The first-order chi connectivity index (χ1) is 8.74. The summed E-state index contributed by atoms with van der Waals surface area (Å²) in [6.45, 7) is 6.13. The van der Waals surface area contributed by atoms with Crippen molar-refractivity contribution in [2.24, 2.45) is 0 Å². The van der Waals surface area contributed by atoms with Crippen molar-refractivity contribution in [3.63, 3.8) is 0 Å². The van der Waals surface area contributed by atoms with Crippen LogP contribution >= 0.6 is 15.9 Å². The summed E-state index contributed by atoms with van der Waals surface area (Å²) in [4.78, 5) is 2.28. The smallest absolute Gasteiger partial charge is 0.0992 e. The maximum Gasteiger partial charge on any atom is 0.0992 e. The molecule has 1 atom stereocenters. The average Bonchev–Trinajstić information content (AvgIpc) is 2.84. The first-order valence-corrected chi connectivity index (χ1v) is 6.71. The molecule has 94 valence electrons. The van der Waals surface area contributed by atoms with E-state index in [9.17, 15) is 0 Å². The van der Waals surface area contributed by atoms with Crippen LogP contribution < -0.4 is 4.90 Å². The second-order valence-electron chi connectivity index (χ2n) is 4.26. The third-order valence-corrected chi connectivity index (χ3v) is 3.65. The molecule has 1 heterocycles. The minimum Gasteiger partial charge on any atom is -0.372 e. The summed E-state index contributed by atoms with van der Waals surface area (Å²) in [7, 11) is 0. The molecule has 1 aromatic carbocycles. The zero-order chi connectivity index (χ0) is 13.0. The summed E-state index contributed by atoms with van der Waals surface area (Å²) in [6, 6.07) is 7.82. The highest BCUT2D eigenvalue weighted by Gasteiger charge is 2.24. The molecule has 1 saturated heterocycles. The summed E-state index contributed by atoms with van der Waals surface area (Å²) in [5.41, 5.74) is 1.79. The lowest BCUT2D eigenvalue weighted by atomic mass is 10.2. The minimum atomic E-state index is 0.269. The van der Waals surface area contributed by atoms with Gasteiger partial charge >= 0.3 is 0 Å². The minimum absolute atomic E-state index is 0.269. The van der Waals surface area contributed by atoms with Crippen LogP contribution in [-0.2, 0) is 4.74 Å². The average molecular weight is 307 g/mol. The van der Waals surface area contributed by atoms with Crippen LogP contribution in [0.15, 0.2) is 35.3 Å². The van der Waals surface area contributed by atoms with Gasteiger partial charge in [0.05, 0.1) is 30.0 Å². The molecule has 18 heavy (non-hydrogen) atoms. The van der Waals surface area contributed by atoms with Crippen molar-refractivity contribution in [2.75, 3.05) is 24.6 Å². The highest BCUT2D eigenvalue weighted by Crippen LogP contribution is 2.30. The van der Waals surface area contributed by atoms with Crippen LogP contribution in [0.1, 0.15) is 12.0 Å². The maximum atomic E-state index is 8.84. The Kier molecular flexibility index (Phi) is 4.40. The van der Waals surface area contributed by atoms with Crippen molar-refractivity contribution < 1.29 is 4.74 Å². The predicted molar refractivity (Wildman–Crippen MR) is 75.6 cm³/mol. The Labute approximate surface area is 116 Å². The van der Waals surface area contributed by atoms with Crippen molar-refractivity contribution in [3.05, 3.63) is 40.9 Å². The van der Waals surface area contributed by atoms with E-state index in [4.69, 9.17) is 10.00 Å². The summed E-state index contributed by atoms with van der Waals surface area (Å²) in [5, 5.41) is 8.84. The van der Waals surface area contributed by atoms with E-state index >= 15 is 0 Å². The Balaban J connectivity index is 2.05. The zero-order valence-corrected chi connectivity index (χ0v) is 11.7. The molecule has 2 rings (SSSR count). The normalized spacial score (nSPS) is 18.7. The first-order valence-electron chi connectivity index (χ1n) is 5.91. The van der Waals surface area contributed by atoms with Crippen LogP contribution in [0.4, 0.5) is 5.69 Å². The summed E-state index contributed by atoms with van der Waals surface area (Å²) in [6.07, 6.45) is 3.08. The molecule has 0 radical (unpaired) electrons. The van der Waals surface area contributed by atoms with Crippen LogP contribution in [0.3, 0.4) is 0 Å². The molecule has 1 unspecified atom stereocenters. The third kappa shape index (κ3) is 2.92. The number of anilines is 1. The van der Waals surface area contributed by atoms with Gasteiger partial charge in [0, 0.05) is 17.6 Å². The number of benzene rings is 1. The largest absolute Gasteiger partial charge is 0.372 e. The number of ether oxygens (including phenoxy) is 1. The Hall–Kier alpha value is -1.31. The lowest BCUT2D eigenvalue weighted by Crippen LogP contribution is -2.23. The molecular formula is C14H15BrN2O. The number of nitriles is 1. The van der Waals surface area contributed by atoms with Crippen LogP contribution in [0.5, 0.6) is 0 Å². The fourth-order valence-corrected chi connectivity index (χ4v) is 2.75. The number of nitrogens with zero attached hydrogens (tertiary/aromatic N) is 2. The molecule has 1 aliphatic rings. The van der Waals surface area contributed by atoms with Crippen LogP contribution in [0.25, 0.3) is 0 Å². The van der Waals surface area contributed by atoms with Gasteiger partial charge in [-0.1, -0.05) is 6.08 Å². The molecule has 0 aliphatic carbocycles. The molecule has 1 aliphatic heterocycles. The number of halogens is 1. The van der Waals surface area contributed by atoms with Crippen LogP contribution in [-0.4, -0.2) is 25.8 Å². The molecule has 0 aromatic heterocycles. The van der Waals surface area contributed by atoms with Gasteiger partial charge in [-0.25, -0.2) is 0 Å². The summed E-state index contributed by atoms with van der Waals surface area (Å²) >= 11 is 3.52. The topological polar surface area (TPSA) is 36.3 Å². The van der Waals surface area contributed by atoms with E-state index in [2.05, 4.69) is 33.5 Å². The van der Waals surface area contributed by atoms with E-state index in [1.807, 2.05) is 18.2 Å². The van der Waals surface area contributed by atoms with E-state index in [1.54, 1.807) is 6.08 Å². The van der Waals surface area contributed by atoms with Gasteiger partial charge in [0.15, 0.2) is 0 Å². The van der Waals surface area contributed by atoms with E-state index < -0.39 is 0 Å². The second kappa shape index (κ2) is 6.03. The Morgan fingerprint density at radius 3 is 3.11 bits per heavy atom. The molecule has 0 spiro atoms. The standard InChI is InChI=1S/C14H15BrN2O/c1-2-7-18-12-5-6-17(10-12)14-4-3-11(9-16)8-13(14)15/h2-4,8,12H,1,5-7,10H2. The van der Waals surface area contributed by atoms with Crippen molar-refractivity contribution in [2.45, 2.75) is 12.5 Å². The van der Waals surface area contributed by atoms with Gasteiger partial charge in [0.1, 0.15) is 0 Å². The van der Waals surface area contributed by atoms with Crippen molar-refractivity contribution in [1.29, 1.82) is 5.26 Å².